The fraction of sp³-hybridized carbons (Fsp3) is 0.241. The van der Waals surface area contributed by atoms with E-state index in [2.05, 4.69) is 55.1 Å². The van der Waals surface area contributed by atoms with E-state index in [9.17, 15) is 4.79 Å². The summed E-state index contributed by atoms with van der Waals surface area (Å²) < 4.78 is 2.02. The maximum atomic E-state index is 13.8. The van der Waals surface area contributed by atoms with Gasteiger partial charge in [0.2, 0.25) is 5.91 Å². The lowest BCUT2D eigenvalue weighted by molar-refractivity contribution is -0.132. The van der Waals surface area contributed by atoms with Crippen LogP contribution in [0.1, 0.15) is 28.4 Å². The molecule has 0 atom stereocenters. The van der Waals surface area contributed by atoms with Crippen LogP contribution in [0.25, 0.3) is 5.69 Å². The lowest BCUT2D eigenvalue weighted by Crippen LogP contribution is -2.50. The van der Waals surface area contributed by atoms with E-state index < -0.39 is 0 Å². The third-order valence-electron chi connectivity index (χ3n) is 6.67. The molecule has 0 spiro atoms. The van der Waals surface area contributed by atoms with Crippen molar-refractivity contribution in [3.8, 4) is 5.69 Å². The Morgan fingerprint density at radius 1 is 0.735 bits per heavy atom. The molecule has 1 saturated heterocycles. The first-order chi connectivity index (χ1) is 16.6. The Bertz CT molecular complexity index is 1200. The Balaban J connectivity index is 1.35. The molecule has 0 radical (unpaired) electrons. The molecule has 1 aliphatic heterocycles. The van der Waals surface area contributed by atoms with Gasteiger partial charge in [-0.05, 0) is 37.1 Å². The topological polar surface area (TPSA) is 41.4 Å². The van der Waals surface area contributed by atoms with Gasteiger partial charge in [-0.15, -0.1) is 0 Å². The van der Waals surface area contributed by atoms with Gasteiger partial charge in [-0.1, -0.05) is 78.9 Å². The summed E-state index contributed by atoms with van der Waals surface area (Å²) in [6.45, 7) is 7.18. The van der Waals surface area contributed by atoms with Crippen molar-refractivity contribution in [1.29, 1.82) is 0 Å². The number of nitrogens with zero attached hydrogens (tertiary/aromatic N) is 4. The largest absolute Gasteiger partial charge is 0.365 e. The van der Waals surface area contributed by atoms with E-state index in [1.807, 2.05) is 64.2 Å². The van der Waals surface area contributed by atoms with Gasteiger partial charge in [0, 0.05) is 26.2 Å². The number of hydrogen-bond acceptors (Lipinski definition) is 3. The summed E-state index contributed by atoms with van der Waals surface area (Å²) in [7, 11) is 0. The maximum absolute atomic E-state index is 13.8. The first-order valence-electron chi connectivity index (χ1n) is 11.9. The molecule has 1 aliphatic rings. The Morgan fingerprint density at radius 2 is 1.24 bits per heavy atom. The summed E-state index contributed by atoms with van der Waals surface area (Å²) in [5, 5.41) is 4.81. The molecule has 5 rings (SSSR count). The van der Waals surface area contributed by atoms with Crippen LogP contribution in [-0.4, -0.2) is 46.8 Å². The van der Waals surface area contributed by atoms with Gasteiger partial charge in [-0.25, -0.2) is 4.68 Å². The molecule has 1 amide bonds. The van der Waals surface area contributed by atoms with Crippen LogP contribution >= 0.6 is 0 Å². The molecule has 0 aliphatic carbocycles. The van der Waals surface area contributed by atoms with Crippen molar-refractivity contribution >= 4 is 11.6 Å². The highest BCUT2D eigenvalue weighted by Crippen LogP contribution is 2.30. The van der Waals surface area contributed by atoms with E-state index in [1.54, 1.807) is 0 Å². The zero-order chi connectivity index (χ0) is 23.5. The Kier molecular flexibility index (Phi) is 6.17. The van der Waals surface area contributed by atoms with E-state index >= 15 is 0 Å². The van der Waals surface area contributed by atoms with Crippen molar-refractivity contribution in [3.63, 3.8) is 0 Å². The van der Waals surface area contributed by atoms with Crippen LogP contribution in [-0.2, 0) is 4.79 Å². The summed E-state index contributed by atoms with van der Waals surface area (Å²) in [5.41, 5.74) is 6.48. The molecule has 1 fully saturated rings. The maximum Gasteiger partial charge on any atom is 0.234 e. The van der Waals surface area contributed by atoms with Gasteiger partial charge in [0.25, 0.3) is 0 Å². The third kappa shape index (κ3) is 4.21. The minimum Gasteiger partial charge on any atom is -0.365 e. The number of piperazine rings is 1. The summed E-state index contributed by atoms with van der Waals surface area (Å²) in [5.74, 6) is -0.108. The number of aryl methyl sites for hydroxylation is 1. The lowest BCUT2D eigenvalue weighted by Gasteiger charge is -2.38. The Hall–Kier alpha value is -3.86. The zero-order valence-electron chi connectivity index (χ0n) is 19.8. The van der Waals surface area contributed by atoms with Gasteiger partial charge in [-0.3, -0.25) is 4.79 Å². The van der Waals surface area contributed by atoms with Crippen LogP contribution in [0.4, 0.5) is 5.69 Å². The molecule has 0 bridgehead atoms. The van der Waals surface area contributed by atoms with Gasteiger partial charge in [0.1, 0.15) is 0 Å². The van der Waals surface area contributed by atoms with Crippen molar-refractivity contribution in [3.05, 3.63) is 114 Å². The molecule has 3 aromatic carbocycles. The van der Waals surface area contributed by atoms with Crippen molar-refractivity contribution < 1.29 is 4.79 Å². The van der Waals surface area contributed by atoms with Crippen LogP contribution in [0.3, 0.4) is 0 Å². The average Bonchev–Trinajstić information content (AvgIpc) is 3.19. The molecule has 0 N–H and O–H groups in total. The molecule has 5 heteroatoms. The van der Waals surface area contributed by atoms with E-state index in [4.69, 9.17) is 5.10 Å². The van der Waals surface area contributed by atoms with Crippen molar-refractivity contribution in [2.24, 2.45) is 0 Å². The predicted octanol–water partition coefficient (Wildman–Crippen LogP) is 4.97. The Morgan fingerprint density at radius 3 is 1.76 bits per heavy atom. The smallest absolute Gasteiger partial charge is 0.234 e. The second-order valence-corrected chi connectivity index (χ2v) is 8.83. The minimum atomic E-state index is -0.279. The lowest BCUT2D eigenvalue weighted by atomic mass is 9.90. The molecule has 2 heterocycles. The predicted molar refractivity (Wildman–Crippen MR) is 137 cm³/mol. The molecule has 5 nitrogen and oxygen atoms in total. The van der Waals surface area contributed by atoms with Gasteiger partial charge >= 0.3 is 0 Å². The number of carbonyl (C=O) groups is 1. The molecule has 0 unspecified atom stereocenters. The molecule has 172 valence electrons. The molecule has 34 heavy (non-hydrogen) atoms. The second-order valence-electron chi connectivity index (χ2n) is 8.83. The van der Waals surface area contributed by atoms with E-state index in [1.165, 1.54) is 5.69 Å². The third-order valence-corrected chi connectivity index (χ3v) is 6.67. The summed E-state index contributed by atoms with van der Waals surface area (Å²) in [6.07, 6.45) is 0. The number of hydrogen-bond donors (Lipinski definition) is 0. The molecule has 1 aromatic heterocycles. The standard InChI is InChI=1S/C29H30N4O/c1-22-28(23(2)33(30-22)26-16-10-5-11-17-26)31-18-20-32(21-19-31)29(34)27(24-12-6-3-7-13-24)25-14-8-4-9-15-25/h3-17,27H,18-21H2,1-2H3. The number of benzene rings is 3. The van der Waals surface area contributed by atoms with Gasteiger partial charge < -0.3 is 9.80 Å². The SMILES string of the molecule is Cc1nn(-c2ccccc2)c(C)c1N1CCN(C(=O)C(c2ccccc2)c2ccccc2)CC1. The van der Waals surface area contributed by atoms with Crippen molar-refractivity contribution in [2.75, 3.05) is 31.1 Å². The molecular weight excluding hydrogens is 420 g/mol. The number of para-hydroxylation sites is 1. The van der Waals surface area contributed by atoms with Crippen LogP contribution < -0.4 is 4.90 Å². The van der Waals surface area contributed by atoms with E-state index in [-0.39, 0.29) is 11.8 Å². The number of aromatic nitrogens is 2. The average molecular weight is 451 g/mol. The van der Waals surface area contributed by atoms with Crippen molar-refractivity contribution in [2.45, 2.75) is 19.8 Å². The summed E-state index contributed by atoms with van der Waals surface area (Å²) >= 11 is 0. The second kappa shape index (κ2) is 9.56. The highest BCUT2D eigenvalue weighted by Gasteiger charge is 2.31. The fourth-order valence-corrected chi connectivity index (χ4v) is 5.01. The highest BCUT2D eigenvalue weighted by molar-refractivity contribution is 5.87. The van der Waals surface area contributed by atoms with Crippen molar-refractivity contribution in [1.82, 2.24) is 14.7 Å². The van der Waals surface area contributed by atoms with Crippen LogP contribution in [0.15, 0.2) is 91.0 Å². The van der Waals surface area contributed by atoms with E-state index in [0.717, 1.165) is 41.3 Å². The highest BCUT2D eigenvalue weighted by atomic mass is 16.2. The van der Waals surface area contributed by atoms with Crippen LogP contribution in [0.2, 0.25) is 0 Å². The van der Waals surface area contributed by atoms with E-state index in [0.29, 0.717) is 13.1 Å². The number of carbonyl (C=O) groups excluding carboxylic acids is 1. The Labute approximate surface area is 201 Å². The quantitative estimate of drug-likeness (QED) is 0.431. The monoisotopic (exact) mass is 450 g/mol. The fourth-order valence-electron chi connectivity index (χ4n) is 5.01. The normalized spacial score (nSPS) is 14.0. The van der Waals surface area contributed by atoms with Gasteiger partial charge in [-0.2, -0.15) is 5.10 Å². The number of rotatable bonds is 5. The first-order valence-corrected chi connectivity index (χ1v) is 11.9. The number of amides is 1. The van der Waals surface area contributed by atoms with Crippen LogP contribution in [0, 0.1) is 13.8 Å². The van der Waals surface area contributed by atoms with Gasteiger partial charge in [0.15, 0.2) is 0 Å². The summed E-state index contributed by atoms with van der Waals surface area (Å²) in [6, 6.07) is 30.5. The molecule has 4 aromatic rings. The molecule has 0 saturated carbocycles. The molecular formula is C29H30N4O. The summed E-state index contributed by atoms with van der Waals surface area (Å²) in [4.78, 5) is 18.2. The zero-order valence-corrected chi connectivity index (χ0v) is 19.8. The number of anilines is 1. The minimum absolute atomic E-state index is 0.172. The van der Waals surface area contributed by atoms with Crippen LogP contribution in [0.5, 0.6) is 0 Å². The first kappa shape index (κ1) is 22.0. The van der Waals surface area contributed by atoms with Gasteiger partial charge in [0.05, 0.1) is 28.7 Å².